The smallest absolute Gasteiger partial charge is 0.228 e. The molecule has 0 radical (unpaired) electrons. The molecule has 0 atom stereocenters. The van der Waals surface area contributed by atoms with E-state index in [1.54, 1.807) is 24.5 Å². The van der Waals surface area contributed by atoms with Crippen LogP contribution in [-0.4, -0.2) is 51.3 Å². The number of ether oxygens (including phenoxy) is 1. The normalized spacial score (nSPS) is 15.4. The molecule has 4 rings (SSSR count). The predicted molar refractivity (Wildman–Crippen MR) is 81.8 cm³/mol. The van der Waals surface area contributed by atoms with Crippen molar-refractivity contribution in [3.63, 3.8) is 0 Å². The Morgan fingerprint density at radius 2 is 2.05 bits per heavy atom. The van der Waals surface area contributed by atoms with E-state index in [0.717, 1.165) is 29.9 Å². The van der Waals surface area contributed by atoms with Gasteiger partial charge in [0.1, 0.15) is 17.0 Å². The minimum atomic E-state index is 0.205. The quantitative estimate of drug-likeness (QED) is 0.746. The highest BCUT2D eigenvalue weighted by Crippen LogP contribution is 2.28. The standard InChI is InChI=1S/C15H15N5O2/c21-11-3-1-2-10(8-11)12-13-14(17-9-16-13)19-15(18-12)20-4-6-22-7-5-20/h1-3,8-9,21H,4-7H2,(H,16,17,18,19). The van der Waals surface area contributed by atoms with E-state index in [-0.39, 0.29) is 5.75 Å². The van der Waals surface area contributed by atoms with Gasteiger partial charge in [0.25, 0.3) is 0 Å². The van der Waals surface area contributed by atoms with Gasteiger partial charge < -0.3 is 19.7 Å². The van der Waals surface area contributed by atoms with Crippen LogP contribution in [0.2, 0.25) is 0 Å². The molecule has 0 aliphatic carbocycles. The molecule has 0 amide bonds. The van der Waals surface area contributed by atoms with Gasteiger partial charge in [0, 0.05) is 18.7 Å². The van der Waals surface area contributed by atoms with Gasteiger partial charge in [-0.2, -0.15) is 4.98 Å². The Balaban J connectivity index is 1.87. The third-order valence-corrected chi connectivity index (χ3v) is 3.69. The fourth-order valence-corrected chi connectivity index (χ4v) is 2.59. The number of anilines is 1. The van der Waals surface area contributed by atoms with Gasteiger partial charge in [-0.15, -0.1) is 0 Å². The van der Waals surface area contributed by atoms with Crippen LogP contribution < -0.4 is 4.90 Å². The molecule has 3 heterocycles. The Kier molecular flexibility index (Phi) is 3.12. The van der Waals surface area contributed by atoms with Crippen molar-refractivity contribution in [2.75, 3.05) is 31.2 Å². The van der Waals surface area contributed by atoms with E-state index in [9.17, 15) is 5.11 Å². The van der Waals surface area contributed by atoms with Crippen molar-refractivity contribution >= 4 is 17.1 Å². The fourth-order valence-electron chi connectivity index (χ4n) is 2.59. The molecule has 1 aromatic carbocycles. The number of phenols is 1. The Labute approximate surface area is 126 Å². The molecule has 0 saturated carbocycles. The van der Waals surface area contributed by atoms with Gasteiger partial charge in [-0.1, -0.05) is 12.1 Å². The van der Waals surface area contributed by atoms with Crippen molar-refractivity contribution in [3.05, 3.63) is 30.6 Å². The van der Waals surface area contributed by atoms with Crippen LogP contribution in [0.3, 0.4) is 0 Å². The highest BCUT2D eigenvalue weighted by Gasteiger charge is 2.18. The molecule has 3 aromatic rings. The summed E-state index contributed by atoms with van der Waals surface area (Å²) in [6, 6.07) is 7.03. The molecule has 1 fully saturated rings. The molecule has 112 valence electrons. The van der Waals surface area contributed by atoms with Crippen molar-refractivity contribution < 1.29 is 9.84 Å². The lowest BCUT2D eigenvalue weighted by Crippen LogP contribution is -2.37. The van der Waals surface area contributed by atoms with Gasteiger partial charge >= 0.3 is 0 Å². The van der Waals surface area contributed by atoms with Crippen LogP contribution in [0.1, 0.15) is 0 Å². The van der Waals surface area contributed by atoms with Crippen LogP contribution in [-0.2, 0) is 4.74 Å². The summed E-state index contributed by atoms with van der Waals surface area (Å²) >= 11 is 0. The monoisotopic (exact) mass is 297 g/mol. The number of hydrogen-bond acceptors (Lipinski definition) is 6. The number of nitrogens with zero attached hydrogens (tertiary/aromatic N) is 4. The van der Waals surface area contributed by atoms with Crippen LogP contribution in [0.15, 0.2) is 30.6 Å². The Morgan fingerprint density at radius 1 is 1.18 bits per heavy atom. The lowest BCUT2D eigenvalue weighted by molar-refractivity contribution is 0.122. The zero-order chi connectivity index (χ0) is 14.9. The van der Waals surface area contributed by atoms with Crippen LogP contribution >= 0.6 is 0 Å². The molecular weight excluding hydrogens is 282 g/mol. The summed E-state index contributed by atoms with van der Waals surface area (Å²) in [6.45, 7) is 2.86. The van der Waals surface area contributed by atoms with E-state index in [2.05, 4.69) is 24.8 Å². The Morgan fingerprint density at radius 3 is 2.86 bits per heavy atom. The lowest BCUT2D eigenvalue weighted by Gasteiger charge is -2.26. The largest absolute Gasteiger partial charge is 0.508 e. The van der Waals surface area contributed by atoms with E-state index in [0.29, 0.717) is 24.8 Å². The number of aromatic hydroxyl groups is 1. The van der Waals surface area contributed by atoms with Gasteiger partial charge in [0.15, 0.2) is 5.65 Å². The van der Waals surface area contributed by atoms with Gasteiger partial charge in [-0.25, -0.2) is 9.97 Å². The third kappa shape index (κ3) is 2.25. The second-order valence-corrected chi connectivity index (χ2v) is 5.12. The lowest BCUT2D eigenvalue weighted by atomic mass is 10.1. The summed E-state index contributed by atoms with van der Waals surface area (Å²) in [5.74, 6) is 0.845. The van der Waals surface area contributed by atoms with Crippen molar-refractivity contribution in [1.29, 1.82) is 0 Å². The number of H-pyrrole nitrogens is 1. The molecule has 1 aliphatic rings. The highest BCUT2D eigenvalue weighted by atomic mass is 16.5. The predicted octanol–water partition coefficient (Wildman–Crippen LogP) is 1.56. The first-order valence-electron chi connectivity index (χ1n) is 7.14. The number of aromatic nitrogens is 4. The molecule has 2 N–H and O–H groups in total. The van der Waals surface area contributed by atoms with Crippen molar-refractivity contribution in [2.24, 2.45) is 0 Å². The summed E-state index contributed by atoms with van der Waals surface area (Å²) in [7, 11) is 0. The van der Waals surface area contributed by atoms with Crippen LogP contribution in [0.5, 0.6) is 5.75 Å². The summed E-state index contributed by atoms with van der Waals surface area (Å²) in [5.41, 5.74) is 2.95. The number of aromatic amines is 1. The first kappa shape index (κ1) is 13.0. The number of imidazole rings is 1. The average Bonchev–Trinajstić information content (AvgIpc) is 3.03. The molecule has 1 saturated heterocycles. The zero-order valence-electron chi connectivity index (χ0n) is 11.9. The second-order valence-electron chi connectivity index (χ2n) is 5.12. The third-order valence-electron chi connectivity index (χ3n) is 3.69. The van der Waals surface area contributed by atoms with E-state index < -0.39 is 0 Å². The van der Waals surface area contributed by atoms with Gasteiger partial charge in [-0.05, 0) is 12.1 Å². The topological polar surface area (TPSA) is 87.2 Å². The molecule has 22 heavy (non-hydrogen) atoms. The maximum atomic E-state index is 9.72. The molecule has 2 aromatic heterocycles. The Hall–Kier alpha value is -2.67. The van der Waals surface area contributed by atoms with E-state index >= 15 is 0 Å². The molecule has 0 spiro atoms. The number of nitrogens with one attached hydrogen (secondary N) is 1. The minimum absolute atomic E-state index is 0.205. The summed E-state index contributed by atoms with van der Waals surface area (Å²) in [4.78, 5) is 18.6. The molecule has 7 heteroatoms. The highest BCUT2D eigenvalue weighted by molar-refractivity contribution is 5.88. The van der Waals surface area contributed by atoms with E-state index in [1.807, 2.05) is 6.07 Å². The molecule has 0 bridgehead atoms. The number of fused-ring (bicyclic) bond motifs is 1. The molecule has 0 unspecified atom stereocenters. The summed E-state index contributed by atoms with van der Waals surface area (Å²) < 4.78 is 5.37. The average molecular weight is 297 g/mol. The van der Waals surface area contributed by atoms with Crippen molar-refractivity contribution in [2.45, 2.75) is 0 Å². The number of phenolic OH excluding ortho intramolecular Hbond substituents is 1. The van der Waals surface area contributed by atoms with Crippen molar-refractivity contribution in [3.8, 4) is 17.0 Å². The van der Waals surface area contributed by atoms with Gasteiger partial charge in [-0.3, -0.25) is 0 Å². The van der Waals surface area contributed by atoms with Gasteiger partial charge in [0.2, 0.25) is 5.95 Å². The maximum Gasteiger partial charge on any atom is 0.228 e. The first-order chi connectivity index (χ1) is 10.8. The van der Waals surface area contributed by atoms with E-state index in [1.165, 1.54) is 0 Å². The van der Waals surface area contributed by atoms with Crippen LogP contribution in [0.4, 0.5) is 5.95 Å². The first-order valence-corrected chi connectivity index (χ1v) is 7.14. The minimum Gasteiger partial charge on any atom is -0.508 e. The van der Waals surface area contributed by atoms with E-state index in [4.69, 9.17) is 4.74 Å². The molecular formula is C15H15N5O2. The number of rotatable bonds is 2. The van der Waals surface area contributed by atoms with Crippen LogP contribution in [0.25, 0.3) is 22.4 Å². The van der Waals surface area contributed by atoms with Crippen LogP contribution in [0, 0.1) is 0 Å². The van der Waals surface area contributed by atoms with Gasteiger partial charge in [0.05, 0.1) is 19.5 Å². The molecule has 1 aliphatic heterocycles. The summed E-state index contributed by atoms with van der Waals surface area (Å²) in [5, 5.41) is 9.72. The molecule has 7 nitrogen and oxygen atoms in total. The fraction of sp³-hybridized carbons (Fsp3) is 0.267. The number of morpholine rings is 1. The summed E-state index contributed by atoms with van der Waals surface area (Å²) in [6.07, 6.45) is 1.61. The number of benzene rings is 1. The maximum absolute atomic E-state index is 9.72. The zero-order valence-corrected chi connectivity index (χ0v) is 11.9. The second kappa shape index (κ2) is 5.27. The Bertz CT molecular complexity index is 811. The number of hydrogen-bond donors (Lipinski definition) is 2. The van der Waals surface area contributed by atoms with Crippen molar-refractivity contribution in [1.82, 2.24) is 19.9 Å². The SMILES string of the molecule is Oc1cccc(-c2nc(N3CCOCC3)nc3nc[nH]c23)c1.